The minimum atomic E-state index is -4.38. The third-order valence-corrected chi connectivity index (χ3v) is 5.62. The monoisotopic (exact) mass is 399 g/mol. The standard InChI is InChI=1S/C17H16F3N3O3S/c18-17(19,20)10-22-15-6-5-11(7-21-15)16(24)23-14-9-27(25,26)8-12-3-1-2-4-13(12)14/h1-7,14H,8-10H2,(H,21,22)(H,23,24). The summed E-state index contributed by atoms with van der Waals surface area (Å²) in [6.07, 6.45) is -3.24. The molecule has 0 saturated heterocycles. The van der Waals surface area contributed by atoms with Crippen LogP contribution in [0.15, 0.2) is 42.6 Å². The molecular weight excluding hydrogens is 383 g/mol. The third kappa shape index (κ3) is 4.97. The molecule has 0 radical (unpaired) electrons. The molecule has 1 unspecified atom stereocenters. The van der Waals surface area contributed by atoms with Gasteiger partial charge in [-0.1, -0.05) is 24.3 Å². The zero-order valence-corrected chi connectivity index (χ0v) is 14.8. The number of halogens is 3. The number of fused-ring (bicyclic) bond motifs is 1. The van der Waals surface area contributed by atoms with Gasteiger partial charge in [0.05, 0.1) is 23.1 Å². The Morgan fingerprint density at radius 1 is 1.19 bits per heavy atom. The molecule has 0 fully saturated rings. The SMILES string of the molecule is O=C(NC1CS(=O)(=O)Cc2ccccc21)c1ccc(NCC(F)(F)F)nc1. The summed E-state index contributed by atoms with van der Waals surface area (Å²) in [5.74, 6) is -0.860. The van der Waals surface area contributed by atoms with Crippen LogP contribution in [0, 0.1) is 0 Å². The molecule has 1 amide bonds. The Bertz CT molecular complexity index is 944. The molecule has 2 aromatic rings. The maximum atomic E-state index is 12.4. The van der Waals surface area contributed by atoms with Crippen LogP contribution in [-0.4, -0.2) is 37.8 Å². The summed E-state index contributed by atoms with van der Waals surface area (Å²) in [6.45, 7) is -1.23. The number of nitrogens with zero attached hydrogens (tertiary/aromatic N) is 1. The van der Waals surface area contributed by atoms with Gasteiger partial charge >= 0.3 is 6.18 Å². The number of anilines is 1. The summed E-state index contributed by atoms with van der Waals surface area (Å²) in [6, 6.07) is 8.84. The highest BCUT2D eigenvalue weighted by Gasteiger charge is 2.31. The molecular formula is C17H16F3N3O3S. The van der Waals surface area contributed by atoms with Gasteiger partial charge in [0.2, 0.25) is 0 Å². The normalized spacial score (nSPS) is 18.4. The summed E-state index contributed by atoms with van der Waals surface area (Å²) in [7, 11) is -3.35. The van der Waals surface area contributed by atoms with Crippen LogP contribution in [-0.2, 0) is 15.6 Å². The van der Waals surface area contributed by atoms with E-state index in [0.29, 0.717) is 5.56 Å². The fraction of sp³-hybridized carbons (Fsp3) is 0.294. The van der Waals surface area contributed by atoms with Crippen LogP contribution in [0.4, 0.5) is 19.0 Å². The first kappa shape index (κ1) is 19.2. The van der Waals surface area contributed by atoms with Gasteiger partial charge in [-0.2, -0.15) is 13.2 Å². The van der Waals surface area contributed by atoms with Gasteiger partial charge in [0.15, 0.2) is 9.84 Å². The molecule has 1 atom stereocenters. The zero-order valence-electron chi connectivity index (χ0n) is 14.0. The summed E-state index contributed by atoms with van der Waals surface area (Å²) < 4.78 is 60.7. The van der Waals surface area contributed by atoms with E-state index in [1.54, 1.807) is 24.3 Å². The van der Waals surface area contributed by atoms with Crippen LogP contribution in [0.25, 0.3) is 0 Å². The highest BCUT2D eigenvalue weighted by atomic mass is 32.2. The van der Waals surface area contributed by atoms with Gasteiger partial charge in [-0.25, -0.2) is 13.4 Å². The summed E-state index contributed by atoms with van der Waals surface area (Å²) in [5.41, 5.74) is 1.49. The second-order valence-electron chi connectivity index (χ2n) is 6.18. The number of amides is 1. The van der Waals surface area contributed by atoms with Gasteiger partial charge < -0.3 is 10.6 Å². The van der Waals surface area contributed by atoms with E-state index >= 15 is 0 Å². The van der Waals surface area contributed by atoms with Crippen molar-refractivity contribution >= 4 is 21.6 Å². The van der Waals surface area contributed by atoms with E-state index in [9.17, 15) is 26.4 Å². The molecule has 3 rings (SSSR count). The number of carbonyl (C=O) groups is 1. The van der Waals surface area contributed by atoms with Gasteiger partial charge in [-0.05, 0) is 23.3 Å². The predicted octanol–water partition coefficient (Wildman–Crippen LogP) is 2.46. The number of rotatable bonds is 4. The van der Waals surface area contributed by atoms with E-state index in [4.69, 9.17) is 0 Å². The van der Waals surface area contributed by atoms with E-state index in [-0.39, 0.29) is 22.9 Å². The van der Waals surface area contributed by atoms with Crippen LogP contribution >= 0.6 is 0 Å². The number of sulfone groups is 1. The van der Waals surface area contributed by atoms with Crippen molar-refractivity contribution in [3.8, 4) is 0 Å². The summed E-state index contributed by atoms with van der Waals surface area (Å²) in [4.78, 5) is 16.2. The highest BCUT2D eigenvalue weighted by Crippen LogP contribution is 2.28. The van der Waals surface area contributed by atoms with Crippen molar-refractivity contribution in [1.82, 2.24) is 10.3 Å². The second-order valence-corrected chi connectivity index (χ2v) is 8.29. The third-order valence-electron chi connectivity index (χ3n) is 4.03. The molecule has 0 bridgehead atoms. The van der Waals surface area contributed by atoms with E-state index < -0.39 is 34.5 Å². The molecule has 0 spiro atoms. The Morgan fingerprint density at radius 3 is 2.59 bits per heavy atom. The van der Waals surface area contributed by atoms with Gasteiger partial charge in [0.1, 0.15) is 12.4 Å². The molecule has 0 saturated carbocycles. The van der Waals surface area contributed by atoms with Gasteiger partial charge in [-0.3, -0.25) is 4.79 Å². The van der Waals surface area contributed by atoms with E-state index in [1.165, 1.54) is 12.1 Å². The Morgan fingerprint density at radius 2 is 1.93 bits per heavy atom. The number of pyridine rings is 1. The minimum Gasteiger partial charge on any atom is -0.361 e. The maximum Gasteiger partial charge on any atom is 0.405 e. The topological polar surface area (TPSA) is 88.2 Å². The van der Waals surface area contributed by atoms with Crippen molar-refractivity contribution in [2.75, 3.05) is 17.6 Å². The minimum absolute atomic E-state index is 0.0190. The molecule has 2 heterocycles. The van der Waals surface area contributed by atoms with Crippen molar-refractivity contribution in [1.29, 1.82) is 0 Å². The maximum absolute atomic E-state index is 12.4. The van der Waals surface area contributed by atoms with Crippen LogP contribution in [0.2, 0.25) is 0 Å². The Kier molecular flexibility index (Phi) is 5.09. The first-order valence-corrected chi connectivity index (χ1v) is 9.81. The molecule has 1 aliphatic heterocycles. The van der Waals surface area contributed by atoms with Gasteiger partial charge in [0.25, 0.3) is 5.91 Å². The molecule has 27 heavy (non-hydrogen) atoms. The lowest BCUT2D eigenvalue weighted by atomic mass is 10.0. The fourth-order valence-electron chi connectivity index (χ4n) is 2.83. The first-order valence-electron chi connectivity index (χ1n) is 7.99. The van der Waals surface area contributed by atoms with Crippen LogP contribution in [0.3, 0.4) is 0 Å². The molecule has 0 aliphatic carbocycles. The Hall–Kier alpha value is -2.62. The number of hydrogen-bond acceptors (Lipinski definition) is 5. The van der Waals surface area contributed by atoms with Crippen molar-refractivity contribution in [3.05, 3.63) is 59.3 Å². The number of aromatic nitrogens is 1. The zero-order chi connectivity index (χ0) is 19.7. The smallest absolute Gasteiger partial charge is 0.361 e. The predicted molar refractivity (Wildman–Crippen MR) is 92.9 cm³/mol. The van der Waals surface area contributed by atoms with Crippen LogP contribution in [0.5, 0.6) is 0 Å². The highest BCUT2D eigenvalue weighted by molar-refractivity contribution is 7.90. The van der Waals surface area contributed by atoms with Crippen LogP contribution in [0.1, 0.15) is 27.5 Å². The Labute approximate surface area is 153 Å². The molecule has 6 nitrogen and oxygen atoms in total. The molecule has 2 N–H and O–H groups in total. The second kappa shape index (κ2) is 7.18. The number of nitrogens with one attached hydrogen (secondary N) is 2. The van der Waals surface area contributed by atoms with E-state index in [1.807, 2.05) is 0 Å². The molecule has 1 aromatic carbocycles. The molecule has 1 aliphatic rings. The lowest BCUT2D eigenvalue weighted by molar-refractivity contribution is -0.115. The number of carbonyl (C=O) groups excluding carboxylic acids is 1. The summed E-state index contributed by atoms with van der Waals surface area (Å²) in [5, 5.41) is 4.77. The van der Waals surface area contributed by atoms with Crippen molar-refractivity contribution in [3.63, 3.8) is 0 Å². The van der Waals surface area contributed by atoms with Gasteiger partial charge in [-0.15, -0.1) is 0 Å². The van der Waals surface area contributed by atoms with Crippen LogP contribution < -0.4 is 10.6 Å². The van der Waals surface area contributed by atoms with Crippen molar-refractivity contribution < 1.29 is 26.4 Å². The lowest BCUT2D eigenvalue weighted by Crippen LogP contribution is -2.37. The average Bonchev–Trinajstić information content (AvgIpc) is 2.59. The molecule has 10 heteroatoms. The lowest BCUT2D eigenvalue weighted by Gasteiger charge is -2.26. The van der Waals surface area contributed by atoms with E-state index in [2.05, 4.69) is 15.6 Å². The quantitative estimate of drug-likeness (QED) is 0.825. The largest absolute Gasteiger partial charge is 0.405 e. The van der Waals surface area contributed by atoms with Crippen molar-refractivity contribution in [2.45, 2.75) is 18.0 Å². The van der Waals surface area contributed by atoms with Gasteiger partial charge in [0, 0.05) is 6.20 Å². The van der Waals surface area contributed by atoms with E-state index in [0.717, 1.165) is 11.8 Å². The number of hydrogen-bond donors (Lipinski definition) is 2. The fourth-order valence-corrected chi connectivity index (χ4v) is 4.46. The van der Waals surface area contributed by atoms with Crippen molar-refractivity contribution in [2.24, 2.45) is 0 Å². The average molecular weight is 399 g/mol. The molecule has 144 valence electrons. The molecule has 1 aromatic heterocycles. The first-order chi connectivity index (χ1) is 12.6. The number of benzene rings is 1. The number of alkyl halides is 3. The Balaban J connectivity index is 1.72. The summed E-state index contributed by atoms with van der Waals surface area (Å²) >= 11 is 0.